The molecule has 8 rings (SSSR count). The van der Waals surface area contributed by atoms with Crippen molar-refractivity contribution >= 4 is 23.8 Å². The Hall–Kier alpha value is -3.16. The van der Waals surface area contributed by atoms with Gasteiger partial charge in [0, 0.05) is 18.5 Å². The van der Waals surface area contributed by atoms with E-state index in [4.69, 9.17) is 14.2 Å². The van der Waals surface area contributed by atoms with Gasteiger partial charge in [0.15, 0.2) is 0 Å². The highest BCUT2D eigenvalue weighted by Gasteiger charge is 2.72. The van der Waals surface area contributed by atoms with Crippen LogP contribution in [0.25, 0.3) is 0 Å². The van der Waals surface area contributed by atoms with Gasteiger partial charge in [0.1, 0.15) is 12.7 Å². The molecule has 7 fully saturated rings. The first-order chi connectivity index (χ1) is 28.8. The number of allylic oxidation sites excluding steroid dienone is 1. The number of fused-ring (bicyclic) bond motifs is 7. The van der Waals surface area contributed by atoms with Crippen molar-refractivity contribution in [3.63, 3.8) is 0 Å². The molecular weight excluding hydrogens is 763 g/mol. The Morgan fingerprint density at radius 3 is 2.05 bits per heavy atom. The third-order valence-corrected chi connectivity index (χ3v) is 20.2. The topological polar surface area (TPSA) is 99.2 Å². The summed E-state index contributed by atoms with van der Waals surface area (Å²) in [6.07, 6.45) is 12.2. The van der Waals surface area contributed by atoms with Gasteiger partial charge in [-0.05, 0) is 154 Å². The van der Waals surface area contributed by atoms with Crippen LogP contribution >= 0.6 is 0 Å². The summed E-state index contributed by atoms with van der Waals surface area (Å²) in [6, 6.07) is 9.74. The van der Waals surface area contributed by atoms with E-state index in [9.17, 15) is 14.4 Å². The summed E-state index contributed by atoms with van der Waals surface area (Å²) in [6.45, 7) is 27.2. The molecule has 0 spiro atoms. The lowest BCUT2D eigenvalue weighted by atomic mass is 9.32. The van der Waals surface area contributed by atoms with Crippen molar-refractivity contribution in [3.8, 4) is 0 Å². The van der Waals surface area contributed by atoms with Gasteiger partial charge in [-0.15, -0.1) is 0 Å². The lowest BCUT2D eigenvalue weighted by molar-refractivity contribution is -0.251. The molecule has 7 aliphatic rings. The van der Waals surface area contributed by atoms with E-state index in [-0.39, 0.29) is 75.4 Å². The van der Waals surface area contributed by atoms with Crippen LogP contribution in [0, 0.1) is 79.8 Å². The maximum atomic E-state index is 15.0. The maximum Gasteiger partial charge on any atom is 0.309 e. The van der Waals surface area contributed by atoms with Crippen LogP contribution in [0.1, 0.15) is 151 Å². The SMILES string of the molecule is C=C(C)[C@@H]1CC[C@]2(C(=O)N3CCC(C(=O)OCC)CC3)CC[C@]3(C)[C@H](CC[C@@H]4[C@@]5(C)CC[C@H](OC(=O)[C@H]6C[C@@H](C(=O)OCc7ccccc7)C6(C)C)C(C)(C)[C@@H]5CC[C@]43C)[C@@H]12. The van der Waals surface area contributed by atoms with Gasteiger partial charge in [-0.2, -0.15) is 0 Å². The van der Waals surface area contributed by atoms with Gasteiger partial charge in [0.2, 0.25) is 5.91 Å². The van der Waals surface area contributed by atoms with E-state index in [0.29, 0.717) is 74.5 Å². The summed E-state index contributed by atoms with van der Waals surface area (Å²) in [5.41, 5.74) is 1.50. The van der Waals surface area contributed by atoms with Gasteiger partial charge in [-0.1, -0.05) is 91.0 Å². The second kappa shape index (κ2) is 15.8. The molecule has 1 amide bonds. The number of hydrogen-bond acceptors (Lipinski definition) is 7. The van der Waals surface area contributed by atoms with E-state index in [1.807, 2.05) is 51.1 Å². The fourth-order valence-corrected chi connectivity index (χ4v) is 16.4. The van der Waals surface area contributed by atoms with E-state index in [0.717, 1.165) is 63.4 Å². The summed E-state index contributed by atoms with van der Waals surface area (Å²) in [5, 5.41) is 0. The van der Waals surface area contributed by atoms with E-state index >= 15 is 4.79 Å². The molecule has 8 nitrogen and oxygen atoms in total. The molecule has 1 heterocycles. The number of amides is 1. The normalized spacial score (nSPS) is 41.1. The van der Waals surface area contributed by atoms with Gasteiger partial charge < -0.3 is 19.1 Å². The van der Waals surface area contributed by atoms with Crippen molar-refractivity contribution in [2.24, 2.45) is 79.8 Å². The van der Waals surface area contributed by atoms with Crippen LogP contribution in [0.4, 0.5) is 0 Å². The molecule has 12 atom stereocenters. The number of esters is 3. The molecule has 0 N–H and O–H groups in total. The Morgan fingerprint density at radius 2 is 1.39 bits per heavy atom. The molecular formula is C53H77NO7. The van der Waals surface area contributed by atoms with E-state index in [1.54, 1.807) is 0 Å². The average Bonchev–Trinajstić information content (AvgIpc) is 3.62. The van der Waals surface area contributed by atoms with Crippen molar-refractivity contribution in [2.45, 2.75) is 158 Å². The van der Waals surface area contributed by atoms with Crippen molar-refractivity contribution in [2.75, 3.05) is 19.7 Å². The first-order valence-corrected chi connectivity index (χ1v) is 24.3. The first kappa shape index (κ1) is 44.4. The van der Waals surface area contributed by atoms with Crippen LogP contribution in [0.5, 0.6) is 0 Å². The summed E-state index contributed by atoms with van der Waals surface area (Å²) in [5.74, 6) is 1.21. The number of carbonyl (C=O) groups is 4. The second-order valence-electron chi connectivity index (χ2n) is 23.2. The molecule has 61 heavy (non-hydrogen) atoms. The molecule has 0 bridgehead atoms. The number of nitrogens with zero attached hydrogens (tertiary/aromatic N) is 1. The molecule has 6 aliphatic carbocycles. The number of hydrogen-bond donors (Lipinski definition) is 0. The van der Waals surface area contributed by atoms with Crippen molar-refractivity contribution in [1.82, 2.24) is 4.90 Å². The fraction of sp³-hybridized carbons (Fsp3) is 0.774. The number of likely N-dealkylation sites (tertiary alicyclic amines) is 1. The van der Waals surface area contributed by atoms with Gasteiger partial charge in [-0.25, -0.2) is 0 Å². The lowest BCUT2D eigenvalue weighted by Crippen LogP contribution is -2.67. The Balaban J connectivity index is 0.958. The van der Waals surface area contributed by atoms with Crippen molar-refractivity contribution in [3.05, 3.63) is 48.0 Å². The fourth-order valence-electron chi connectivity index (χ4n) is 16.4. The number of rotatable bonds is 9. The minimum absolute atomic E-state index is 0.106. The molecule has 1 aliphatic heterocycles. The smallest absolute Gasteiger partial charge is 0.309 e. The van der Waals surface area contributed by atoms with Crippen LogP contribution in [0.15, 0.2) is 42.5 Å². The number of piperidine rings is 1. The zero-order valence-corrected chi connectivity index (χ0v) is 39.1. The summed E-state index contributed by atoms with van der Waals surface area (Å²) < 4.78 is 17.7. The number of benzene rings is 1. The average molecular weight is 840 g/mol. The van der Waals surface area contributed by atoms with Gasteiger partial charge in [-0.3, -0.25) is 19.2 Å². The molecule has 0 aromatic heterocycles. The van der Waals surface area contributed by atoms with E-state index < -0.39 is 5.41 Å². The van der Waals surface area contributed by atoms with Gasteiger partial charge in [0.05, 0.1) is 29.8 Å². The monoisotopic (exact) mass is 840 g/mol. The van der Waals surface area contributed by atoms with E-state index in [2.05, 4.69) is 53.0 Å². The van der Waals surface area contributed by atoms with Crippen molar-refractivity contribution < 1.29 is 33.4 Å². The number of ether oxygens (including phenoxy) is 3. The Kier molecular flexibility index (Phi) is 11.5. The largest absolute Gasteiger partial charge is 0.466 e. The van der Waals surface area contributed by atoms with Crippen LogP contribution < -0.4 is 0 Å². The Bertz CT molecular complexity index is 1880. The number of carbonyl (C=O) groups excluding carboxylic acids is 4. The quantitative estimate of drug-likeness (QED) is 0.139. The molecule has 336 valence electrons. The molecule has 8 heteroatoms. The van der Waals surface area contributed by atoms with Crippen LogP contribution in [0.3, 0.4) is 0 Å². The van der Waals surface area contributed by atoms with Crippen LogP contribution in [0.2, 0.25) is 0 Å². The van der Waals surface area contributed by atoms with Crippen LogP contribution in [-0.4, -0.2) is 54.5 Å². The lowest BCUT2D eigenvalue weighted by Gasteiger charge is -2.73. The highest BCUT2D eigenvalue weighted by atomic mass is 16.5. The zero-order valence-electron chi connectivity index (χ0n) is 39.1. The molecule has 1 aromatic rings. The predicted octanol–water partition coefficient (Wildman–Crippen LogP) is 10.8. The summed E-state index contributed by atoms with van der Waals surface area (Å²) >= 11 is 0. The third-order valence-electron chi connectivity index (χ3n) is 20.2. The first-order valence-electron chi connectivity index (χ1n) is 24.3. The minimum atomic E-state index is -0.523. The van der Waals surface area contributed by atoms with Gasteiger partial charge >= 0.3 is 17.9 Å². The highest BCUT2D eigenvalue weighted by Crippen LogP contribution is 2.78. The second-order valence-corrected chi connectivity index (χ2v) is 23.2. The van der Waals surface area contributed by atoms with Gasteiger partial charge in [0.25, 0.3) is 0 Å². The standard InChI is InChI=1S/C53H77NO7/c1-11-59-44(55)35-22-29-54(30-23-35)47(58)53-26-19-36(33(2)3)43(53)37-17-18-41-50(8)24-21-42(49(6,7)40(50)20-25-52(41,10)51(37,9)27-28-53)61-46(57)39-31-38(48(39,4)5)45(56)60-32-34-15-13-12-14-16-34/h12-16,35-43H,2,11,17-32H2,1,3-10H3/t36-,37+,38-,39+,40-,41+,42-,43+,50-,51+,52+,53-/m0/s1. The third kappa shape index (κ3) is 6.86. The predicted molar refractivity (Wildman–Crippen MR) is 236 cm³/mol. The van der Waals surface area contributed by atoms with E-state index in [1.165, 1.54) is 12.0 Å². The highest BCUT2D eigenvalue weighted by molar-refractivity contribution is 5.85. The molecule has 1 saturated heterocycles. The summed E-state index contributed by atoms with van der Waals surface area (Å²) in [7, 11) is 0. The Labute approximate surface area is 367 Å². The maximum absolute atomic E-state index is 15.0. The minimum Gasteiger partial charge on any atom is -0.466 e. The molecule has 6 saturated carbocycles. The molecule has 1 aromatic carbocycles. The summed E-state index contributed by atoms with van der Waals surface area (Å²) in [4.78, 5) is 57.0. The zero-order chi connectivity index (χ0) is 43.9. The van der Waals surface area contributed by atoms with Crippen molar-refractivity contribution in [1.29, 1.82) is 0 Å². The molecule has 0 radical (unpaired) electrons. The van der Waals surface area contributed by atoms with Crippen LogP contribution in [-0.2, 0) is 40.0 Å². The molecule has 0 unspecified atom stereocenters. The Morgan fingerprint density at radius 1 is 0.705 bits per heavy atom.